The first-order valence-corrected chi connectivity index (χ1v) is 9.71. The summed E-state index contributed by atoms with van der Waals surface area (Å²) in [6, 6.07) is 0.369. The van der Waals surface area contributed by atoms with E-state index in [1.165, 1.54) is 12.7 Å². The van der Waals surface area contributed by atoms with Gasteiger partial charge in [-0.2, -0.15) is 0 Å². The molecule has 1 rings (SSSR count). The maximum Gasteiger partial charge on any atom is 0.237 e. The molecule has 0 N–H and O–H groups in total. The van der Waals surface area contributed by atoms with Crippen molar-refractivity contribution in [3.63, 3.8) is 0 Å². The molecule has 21 heavy (non-hydrogen) atoms. The minimum atomic E-state index is -3.10. The molecule has 1 saturated heterocycles. The van der Waals surface area contributed by atoms with Crippen LogP contribution in [0.5, 0.6) is 0 Å². The fourth-order valence-corrected chi connectivity index (χ4v) is 3.99. The van der Waals surface area contributed by atoms with E-state index in [4.69, 9.17) is 0 Å². The number of carbonyl (C=O) groups is 1. The van der Waals surface area contributed by atoms with E-state index >= 15 is 0 Å². The van der Waals surface area contributed by atoms with Crippen molar-refractivity contribution >= 4 is 15.7 Å². The summed E-state index contributed by atoms with van der Waals surface area (Å²) in [6.45, 7) is 8.02. The van der Waals surface area contributed by atoms with Gasteiger partial charge in [-0.25, -0.2) is 8.42 Å². The van der Waals surface area contributed by atoms with Gasteiger partial charge in [-0.3, -0.25) is 9.69 Å². The number of amides is 1. The summed E-state index contributed by atoms with van der Waals surface area (Å²) < 4.78 is 23.3. The lowest BCUT2D eigenvalue weighted by atomic mass is 9.97. The van der Waals surface area contributed by atoms with Gasteiger partial charge in [-0.05, 0) is 54.0 Å². The van der Waals surface area contributed by atoms with Gasteiger partial charge in [0, 0.05) is 24.4 Å². The Morgan fingerprint density at radius 3 is 2.14 bits per heavy atom. The summed E-state index contributed by atoms with van der Waals surface area (Å²) in [5.41, 5.74) is 0. The normalized spacial score (nSPS) is 26.7. The molecule has 124 valence electrons. The van der Waals surface area contributed by atoms with Gasteiger partial charge >= 0.3 is 0 Å². The summed E-state index contributed by atoms with van der Waals surface area (Å²) in [7, 11) is -1.27. The van der Waals surface area contributed by atoms with Crippen LogP contribution in [0.2, 0.25) is 0 Å². The fraction of sp³-hybridized carbons (Fsp3) is 0.933. The molecule has 0 aliphatic carbocycles. The number of hydrogen-bond donors (Lipinski definition) is 0. The molecular formula is C15H30N2O3S. The van der Waals surface area contributed by atoms with Crippen LogP contribution < -0.4 is 0 Å². The number of likely N-dealkylation sites (tertiary alicyclic amines) is 1. The second-order valence-corrected chi connectivity index (χ2v) is 9.02. The van der Waals surface area contributed by atoms with Crippen LogP contribution in [-0.4, -0.2) is 67.3 Å². The van der Waals surface area contributed by atoms with Crippen LogP contribution in [0.4, 0.5) is 0 Å². The van der Waals surface area contributed by atoms with Gasteiger partial charge in [0.15, 0.2) is 9.84 Å². The topological polar surface area (TPSA) is 57.7 Å². The third kappa shape index (κ3) is 4.68. The van der Waals surface area contributed by atoms with Gasteiger partial charge in [-0.15, -0.1) is 0 Å². The maximum absolute atomic E-state index is 12.5. The Morgan fingerprint density at radius 1 is 1.24 bits per heavy atom. The minimum absolute atomic E-state index is 0.102. The molecule has 0 aromatic rings. The van der Waals surface area contributed by atoms with Crippen molar-refractivity contribution in [1.82, 2.24) is 9.80 Å². The lowest BCUT2D eigenvalue weighted by Crippen LogP contribution is -2.52. The number of hydrogen-bond acceptors (Lipinski definition) is 4. The molecule has 1 heterocycles. The van der Waals surface area contributed by atoms with E-state index < -0.39 is 15.1 Å². The molecule has 0 aromatic carbocycles. The highest BCUT2D eigenvalue weighted by Gasteiger charge is 2.31. The monoisotopic (exact) mass is 318 g/mol. The van der Waals surface area contributed by atoms with E-state index in [0.29, 0.717) is 0 Å². The van der Waals surface area contributed by atoms with Gasteiger partial charge in [0.2, 0.25) is 5.91 Å². The number of rotatable bonds is 5. The molecule has 1 aliphatic heterocycles. The zero-order valence-electron chi connectivity index (χ0n) is 14.2. The Morgan fingerprint density at radius 2 is 1.71 bits per heavy atom. The first-order chi connectivity index (χ1) is 9.55. The molecule has 5 nitrogen and oxygen atoms in total. The Balaban J connectivity index is 2.69. The van der Waals surface area contributed by atoms with Crippen molar-refractivity contribution in [2.45, 2.75) is 70.3 Å². The average molecular weight is 318 g/mol. The molecule has 0 aromatic heterocycles. The number of carbonyl (C=O) groups excluding carboxylic acids is 1. The Hall–Kier alpha value is -0.620. The first-order valence-electron chi connectivity index (χ1n) is 7.76. The third-order valence-electron chi connectivity index (χ3n) is 4.92. The van der Waals surface area contributed by atoms with Gasteiger partial charge in [0.1, 0.15) is 0 Å². The maximum atomic E-state index is 12.5. The highest BCUT2D eigenvalue weighted by molar-refractivity contribution is 7.91. The SMILES string of the molecule is C[C@H]([C@@H](C)S(C)(=O)=O)N(C)CC(=O)N1[C@H](C)CCC[C@@H]1C. The molecule has 1 fully saturated rings. The van der Waals surface area contributed by atoms with Crippen molar-refractivity contribution in [2.24, 2.45) is 0 Å². The van der Waals surface area contributed by atoms with Crippen LogP contribution in [0.3, 0.4) is 0 Å². The van der Waals surface area contributed by atoms with E-state index in [9.17, 15) is 13.2 Å². The summed E-state index contributed by atoms with van der Waals surface area (Å²) in [5.74, 6) is 0.102. The quantitative estimate of drug-likeness (QED) is 0.771. The Kier molecular flexibility index (Phi) is 6.23. The lowest BCUT2D eigenvalue weighted by molar-refractivity contribution is -0.138. The van der Waals surface area contributed by atoms with Crippen LogP contribution in [-0.2, 0) is 14.6 Å². The van der Waals surface area contributed by atoms with Crippen molar-refractivity contribution in [3.05, 3.63) is 0 Å². The van der Waals surface area contributed by atoms with Crippen molar-refractivity contribution in [3.8, 4) is 0 Å². The third-order valence-corrected chi connectivity index (χ3v) is 6.66. The first kappa shape index (κ1) is 18.4. The van der Waals surface area contributed by atoms with Crippen LogP contribution in [0.15, 0.2) is 0 Å². The highest BCUT2D eigenvalue weighted by Crippen LogP contribution is 2.23. The lowest BCUT2D eigenvalue weighted by Gasteiger charge is -2.40. The van der Waals surface area contributed by atoms with E-state index in [-0.39, 0.29) is 30.6 Å². The number of likely N-dealkylation sites (N-methyl/N-ethyl adjacent to an activating group) is 1. The van der Waals surface area contributed by atoms with Crippen molar-refractivity contribution in [1.29, 1.82) is 0 Å². The predicted octanol–water partition coefficient (Wildman–Crippen LogP) is 1.53. The van der Waals surface area contributed by atoms with Crippen LogP contribution >= 0.6 is 0 Å². The summed E-state index contributed by atoms with van der Waals surface area (Å²) in [4.78, 5) is 16.4. The predicted molar refractivity (Wildman–Crippen MR) is 86.0 cm³/mol. The van der Waals surface area contributed by atoms with Gasteiger partial charge in [0.05, 0.1) is 11.8 Å². The molecule has 0 saturated carbocycles. The highest BCUT2D eigenvalue weighted by atomic mass is 32.2. The van der Waals surface area contributed by atoms with Crippen LogP contribution in [0.25, 0.3) is 0 Å². The zero-order chi connectivity index (χ0) is 16.4. The summed E-state index contributed by atoms with van der Waals surface area (Å²) in [6.07, 6.45) is 4.52. The molecule has 1 amide bonds. The van der Waals surface area contributed by atoms with E-state index in [1.54, 1.807) is 6.92 Å². The number of nitrogens with zero attached hydrogens (tertiary/aromatic N) is 2. The molecule has 4 atom stereocenters. The minimum Gasteiger partial charge on any atom is -0.336 e. The fourth-order valence-electron chi connectivity index (χ4n) is 3.07. The molecule has 0 bridgehead atoms. The van der Waals surface area contributed by atoms with Gasteiger partial charge in [0.25, 0.3) is 0 Å². The molecule has 6 heteroatoms. The Labute approximate surface area is 129 Å². The molecular weight excluding hydrogens is 288 g/mol. The largest absolute Gasteiger partial charge is 0.336 e. The van der Waals surface area contributed by atoms with Crippen LogP contribution in [0, 0.1) is 0 Å². The van der Waals surface area contributed by atoms with Crippen molar-refractivity contribution in [2.75, 3.05) is 19.8 Å². The Bertz CT molecular complexity index is 454. The molecule has 0 unspecified atom stereocenters. The average Bonchev–Trinajstić information content (AvgIpc) is 2.35. The summed E-state index contributed by atoms with van der Waals surface area (Å²) in [5, 5.41) is -0.480. The van der Waals surface area contributed by atoms with Crippen LogP contribution in [0.1, 0.15) is 47.0 Å². The number of piperidine rings is 1. The van der Waals surface area contributed by atoms with E-state index in [1.807, 2.05) is 23.8 Å². The van der Waals surface area contributed by atoms with E-state index in [0.717, 1.165) is 12.8 Å². The smallest absolute Gasteiger partial charge is 0.237 e. The molecule has 0 radical (unpaired) electrons. The zero-order valence-corrected chi connectivity index (χ0v) is 15.0. The standard InChI is InChI=1S/C15H30N2O3S/c1-11-8-7-9-12(2)17(11)15(18)10-16(5)13(3)14(4)21(6,19)20/h11-14H,7-10H2,1-6H3/t11-,12+,13-,14-/m1/s1. The second kappa shape index (κ2) is 7.09. The second-order valence-electron chi connectivity index (χ2n) is 6.62. The summed E-state index contributed by atoms with van der Waals surface area (Å²) >= 11 is 0. The number of sulfone groups is 1. The molecule has 0 spiro atoms. The van der Waals surface area contributed by atoms with Gasteiger partial charge < -0.3 is 4.90 Å². The van der Waals surface area contributed by atoms with Gasteiger partial charge in [-0.1, -0.05) is 0 Å². The molecule has 1 aliphatic rings. The van der Waals surface area contributed by atoms with Crippen molar-refractivity contribution < 1.29 is 13.2 Å². The van der Waals surface area contributed by atoms with E-state index in [2.05, 4.69) is 13.8 Å².